The molecule has 1 amide bonds. The molecule has 13 heteroatoms. The Morgan fingerprint density at radius 3 is 2.72 bits per heavy atom. The van der Waals surface area contributed by atoms with Crippen molar-refractivity contribution in [2.45, 2.75) is 38.2 Å². The molecule has 0 fully saturated rings. The highest BCUT2D eigenvalue weighted by Gasteiger charge is 2.36. The quantitative estimate of drug-likeness (QED) is 0.594. The number of aryl methyl sites for hydroxylation is 2. The van der Waals surface area contributed by atoms with Crippen LogP contribution >= 0.6 is 0 Å². The molecule has 3 aromatic rings. The maximum atomic E-state index is 12.9. The molecular weight excluding hydrogens is 439 g/mol. The number of alkyl halides is 5. The molecule has 1 aliphatic rings. The molecular formula is C19H17F5N6O2. The summed E-state index contributed by atoms with van der Waals surface area (Å²) in [6.45, 7) is -2.45. The van der Waals surface area contributed by atoms with Gasteiger partial charge >= 0.3 is 12.8 Å². The van der Waals surface area contributed by atoms with E-state index in [2.05, 4.69) is 25.2 Å². The highest BCUT2D eigenvalue weighted by molar-refractivity contribution is 5.93. The average molecular weight is 456 g/mol. The summed E-state index contributed by atoms with van der Waals surface area (Å²) < 4.78 is 70.4. The van der Waals surface area contributed by atoms with Crippen molar-refractivity contribution in [3.05, 3.63) is 47.5 Å². The number of nitrogens with zero attached hydrogens (tertiary/aromatic N) is 5. The van der Waals surface area contributed by atoms with Gasteiger partial charge in [0.15, 0.2) is 5.69 Å². The van der Waals surface area contributed by atoms with Crippen molar-refractivity contribution in [1.82, 2.24) is 29.9 Å². The predicted molar refractivity (Wildman–Crippen MR) is 99.7 cm³/mol. The van der Waals surface area contributed by atoms with Gasteiger partial charge in [0.2, 0.25) is 5.88 Å². The van der Waals surface area contributed by atoms with E-state index in [1.165, 1.54) is 19.3 Å². The topological polar surface area (TPSA) is 86.9 Å². The van der Waals surface area contributed by atoms with E-state index >= 15 is 0 Å². The maximum Gasteiger partial charge on any atom is 0.435 e. The van der Waals surface area contributed by atoms with Crippen molar-refractivity contribution in [3.8, 4) is 17.1 Å². The zero-order chi connectivity index (χ0) is 23.0. The number of nitrogens with one attached hydrogen (secondary N) is 1. The van der Waals surface area contributed by atoms with E-state index in [4.69, 9.17) is 0 Å². The van der Waals surface area contributed by atoms with Crippen LogP contribution < -0.4 is 10.1 Å². The second-order valence-electron chi connectivity index (χ2n) is 7.14. The van der Waals surface area contributed by atoms with Crippen molar-refractivity contribution < 1.29 is 31.5 Å². The summed E-state index contributed by atoms with van der Waals surface area (Å²) in [5.74, 6) is -0.960. The first kappa shape index (κ1) is 21.7. The Labute approximate surface area is 178 Å². The lowest BCUT2D eigenvalue weighted by Gasteiger charge is -2.24. The van der Waals surface area contributed by atoms with E-state index in [0.29, 0.717) is 42.4 Å². The number of pyridine rings is 1. The number of halogens is 5. The molecule has 0 saturated carbocycles. The largest absolute Gasteiger partial charge is 0.435 e. The molecule has 4 rings (SSSR count). The summed E-state index contributed by atoms with van der Waals surface area (Å²) in [6.07, 6.45) is -2.12. The number of fused-ring (bicyclic) bond motifs is 1. The van der Waals surface area contributed by atoms with E-state index in [1.54, 1.807) is 16.8 Å². The summed E-state index contributed by atoms with van der Waals surface area (Å²) in [7, 11) is 1.26. The van der Waals surface area contributed by atoms with Gasteiger partial charge in [-0.1, -0.05) is 0 Å². The molecule has 3 aromatic heterocycles. The molecule has 0 radical (unpaired) electrons. The van der Waals surface area contributed by atoms with Gasteiger partial charge in [0, 0.05) is 37.5 Å². The molecule has 1 atom stereocenters. The van der Waals surface area contributed by atoms with Gasteiger partial charge in [-0.25, -0.2) is 4.98 Å². The molecule has 0 saturated heterocycles. The minimum absolute atomic E-state index is 0.225. The molecule has 0 spiro atoms. The fourth-order valence-corrected chi connectivity index (χ4v) is 3.55. The first-order valence-corrected chi connectivity index (χ1v) is 9.53. The third-order valence-electron chi connectivity index (χ3n) is 4.98. The van der Waals surface area contributed by atoms with Crippen LogP contribution in [0.3, 0.4) is 0 Å². The molecule has 0 unspecified atom stereocenters. The third-order valence-corrected chi connectivity index (χ3v) is 4.98. The van der Waals surface area contributed by atoms with Crippen LogP contribution in [0.15, 0.2) is 30.5 Å². The second kappa shape index (κ2) is 8.20. The zero-order valence-electron chi connectivity index (χ0n) is 16.6. The molecule has 32 heavy (non-hydrogen) atoms. The van der Waals surface area contributed by atoms with Gasteiger partial charge < -0.3 is 10.1 Å². The van der Waals surface area contributed by atoms with Crippen molar-refractivity contribution in [2.75, 3.05) is 0 Å². The van der Waals surface area contributed by atoms with Crippen molar-refractivity contribution in [1.29, 1.82) is 0 Å². The fourth-order valence-electron chi connectivity index (χ4n) is 3.55. The Hall–Kier alpha value is -3.51. The normalized spacial score (nSPS) is 16.2. The van der Waals surface area contributed by atoms with Crippen LogP contribution in [0.2, 0.25) is 0 Å². The molecule has 4 heterocycles. The fraction of sp³-hybridized carbons (Fsp3) is 0.368. The number of carbonyl (C=O) groups excluding carboxylic acids is 1. The van der Waals surface area contributed by atoms with Crippen LogP contribution in [0.1, 0.15) is 40.8 Å². The number of hydrogen-bond donors (Lipinski definition) is 1. The number of amides is 1. The Balaban J connectivity index is 1.57. The summed E-state index contributed by atoms with van der Waals surface area (Å²) in [6, 6.07) is 4.79. The second-order valence-corrected chi connectivity index (χ2v) is 7.14. The Kier molecular flexibility index (Phi) is 5.57. The minimum Gasteiger partial charge on any atom is -0.417 e. The first-order chi connectivity index (χ1) is 15.1. The van der Waals surface area contributed by atoms with Gasteiger partial charge in [-0.15, -0.1) is 0 Å². The zero-order valence-corrected chi connectivity index (χ0v) is 16.6. The van der Waals surface area contributed by atoms with Crippen LogP contribution in [0, 0.1) is 0 Å². The molecule has 0 bridgehead atoms. The van der Waals surface area contributed by atoms with Gasteiger partial charge in [-0.3, -0.25) is 14.2 Å². The number of carbonyl (C=O) groups is 1. The van der Waals surface area contributed by atoms with E-state index in [0.717, 1.165) is 4.68 Å². The molecule has 0 aliphatic carbocycles. The predicted octanol–water partition coefficient (Wildman–Crippen LogP) is 3.56. The lowest BCUT2D eigenvalue weighted by atomic mass is 10.0. The molecule has 170 valence electrons. The summed E-state index contributed by atoms with van der Waals surface area (Å²) >= 11 is 0. The first-order valence-electron chi connectivity index (χ1n) is 9.53. The van der Waals surface area contributed by atoms with Crippen LogP contribution in [-0.2, 0) is 19.8 Å². The highest BCUT2D eigenvalue weighted by Crippen LogP contribution is 2.31. The minimum atomic E-state index is -4.66. The van der Waals surface area contributed by atoms with Crippen LogP contribution in [-0.4, -0.2) is 37.1 Å². The van der Waals surface area contributed by atoms with Gasteiger partial charge in [-0.2, -0.15) is 32.1 Å². The van der Waals surface area contributed by atoms with Crippen molar-refractivity contribution in [3.63, 3.8) is 0 Å². The van der Waals surface area contributed by atoms with Crippen molar-refractivity contribution in [2.24, 2.45) is 7.05 Å². The van der Waals surface area contributed by atoms with E-state index in [-0.39, 0.29) is 11.6 Å². The number of aromatic nitrogens is 5. The van der Waals surface area contributed by atoms with Gasteiger partial charge in [0.05, 0.1) is 17.4 Å². The van der Waals surface area contributed by atoms with Gasteiger partial charge in [0.1, 0.15) is 5.69 Å². The Bertz CT molecular complexity index is 1140. The standard InChI is InChI=1S/C19H17F5N6O2/c1-29-14(9-15(28-29)19(22,23)24)17(31)26-11-3-2-6-30-13(11)8-12(27-30)10-4-5-25-16(7-10)32-18(20)21/h4-5,7-9,11,18H,2-3,6H2,1H3,(H,26,31)/t11-/m1/s1. The van der Waals surface area contributed by atoms with E-state index in [9.17, 15) is 26.7 Å². The molecule has 1 N–H and O–H groups in total. The lowest BCUT2D eigenvalue weighted by Crippen LogP contribution is -2.33. The SMILES string of the molecule is Cn1nc(C(F)(F)F)cc1C(=O)N[C@@H]1CCCn2nc(-c3ccnc(OC(F)F)c3)cc21. The summed E-state index contributed by atoms with van der Waals surface area (Å²) in [5.41, 5.74) is 0.218. The Morgan fingerprint density at radius 2 is 2.03 bits per heavy atom. The molecule has 8 nitrogen and oxygen atoms in total. The molecule has 1 aliphatic heterocycles. The van der Waals surface area contributed by atoms with Crippen LogP contribution in [0.4, 0.5) is 22.0 Å². The highest BCUT2D eigenvalue weighted by atomic mass is 19.4. The third kappa shape index (κ3) is 4.41. The van der Waals surface area contributed by atoms with E-state index < -0.39 is 30.4 Å². The molecule has 0 aromatic carbocycles. The smallest absolute Gasteiger partial charge is 0.417 e. The number of ether oxygens (including phenoxy) is 1. The summed E-state index contributed by atoms with van der Waals surface area (Å²) in [5, 5.41) is 10.5. The van der Waals surface area contributed by atoms with Gasteiger partial charge in [0.25, 0.3) is 5.91 Å². The van der Waals surface area contributed by atoms with Gasteiger partial charge in [-0.05, 0) is 25.0 Å². The average Bonchev–Trinajstić information content (AvgIpc) is 3.32. The number of rotatable bonds is 5. The Morgan fingerprint density at radius 1 is 1.25 bits per heavy atom. The lowest BCUT2D eigenvalue weighted by molar-refractivity contribution is -0.141. The van der Waals surface area contributed by atoms with E-state index in [1.807, 2.05) is 0 Å². The van der Waals surface area contributed by atoms with Crippen LogP contribution in [0.5, 0.6) is 5.88 Å². The van der Waals surface area contributed by atoms with Crippen LogP contribution in [0.25, 0.3) is 11.3 Å². The number of hydrogen-bond acceptors (Lipinski definition) is 5. The monoisotopic (exact) mass is 456 g/mol. The van der Waals surface area contributed by atoms with Crippen molar-refractivity contribution >= 4 is 5.91 Å². The summed E-state index contributed by atoms with van der Waals surface area (Å²) in [4.78, 5) is 16.4. The maximum absolute atomic E-state index is 12.9.